The Morgan fingerprint density at radius 2 is 1.86 bits per heavy atom. The molecular weight excluding hydrogens is 270 g/mol. The number of anilines is 1. The molecule has 0 aliphatic heterocycles. The van der Waals surface area contributed by atoms with E-state index in [0.717, 1.165) is 5.56 Å². The van der Waals surface area contributed by atoms with Gasteiger partial charge in [-0.15, -0.1) is 0 Å². The summed E-state index contributed by atoms with van der Waals surface area (Å²) in [5.74, 6) is -0.884. The molecule has 1 heterocycles. The number of hydrogen-bond donors (Lipinski definition) is 3. The molecule has 0 saturated heterocycles. The lowest BCUT2D eigenvalue weighted by Crippen LogP contribution is -2.28. The molecule has 0 bridgehead atoms. The molecule has 2 aromatic rings. The van der Waals surface area contributed by atoms with Crippen LogP contribution in [-0.4, -0.2) is 22.1 Å². The Hall–Kier alpha value is -2.89. The second-order valence-corrected chi connectivity index (χ2v) is 4.44. The number of carboxylic acid groups (broad SMARTS) is 1. The third-order valence-corrected chi connectivity index (χ3v) is 2.74. The fourth-order valence-corrected chi connectivity index (χ4v) is 1.74. The van der Waals surface area contributed by atoms with Crippen molar-refractivity contribution in [3.05, 3.63) is 59.9 Å². The average Bonchev–Trinajstić information content (AvgIpc) is 2.48. The van der Waals surface area contributed by atoms with Gasteiger partial charge in [-0.1, -0.05) is 18.2 Å². The Morgan fingerprint density at radius 1 is 1.10 bits per heavy atom. The first-order valence-corrected chi connectivity index (χ1v) is 6.38. The van der Waals surface area contributed by atoms with Gasteiger partial charge in [0.2, 0.25) is 0 Å². The first kappa shape index (κ1) is 14.5. The SMILES string of the molecule is O=C(O)Cc1ccc(NC(=O)NCc2cccnc2)cc1. The molecule has 0 radical (unpaired) electrons. The van der Waals surface area contributed by atoms with Gasteiger partial charge in [-0.05, 0) is 29.3 Å². The minimum Gasteiger partial charge on any atom is -0.481 e. The van der Waals surface area contributed by atoms with Gasteiger partial charge in [0.25, 0.3) is 0 Å². The lowest BCUT2D eigenvalue weighted by atomic mass is 10.1. The van der Waals surface area contributed by atoms with Gasteiger partial charge in [-0.2, -0.15) is 0 Å². The molecule has 0 aliphatic rings. The van der Waals surface area contributed by atoms with Gasteiger partial charge >= 0.3 is 12.0 Å². The normalized spacial score (nSPS) is 9.90. The molecule has 0 aliphatic carbocycles. The van der Waals surface area contributed by atoms with E-state index in [2.05, 4.69) is 15.6 Å². The number of rotatable bonds is 5. The van der Waals surface area contributed by atoms with Crippen LogP contribution in [0.3, 0.4) is 0 Å². The second-order valence-electron chi connectivity index (χ2n) is 4.44. The predicted octanol–water partition coefficient (Wildman–Crippen LogP) is 2.03. The van der Waals surface area contributed by atoms with Crippen molar-refractivity contribution < 1.29 is 14.7 Å². The molecular formula is C15H15N3O3. The fraction of sp³-hybridized carbons (Fsp3) is 0.133. The van der Waals surface area contributed by atoms with E-state index in [-0.39, 0.29) is 12.5 Å². The zero-order valence-electron chi connectivity index (χ0n) is 11.2. The van der Waals surface area contributed by atoms with Crippen molar-refractivity contribution in [1.29, 1.82) is 0 Å². The molecule has 2 rings (SSSR count). The summed E-state index contributed by atoms with van der Waals surface area (Å²) in [7, 11) is 0. The van der Waals surface area contributed by atoms with Crippen LogP contribution in [0.2, 0.25) is 0 Å². The lowest BCUT2D eigenvalue weighted by molar-refractivity contribution is -0.136. The number of pyridine rings is 1. The number of aromatic nitrogens is 1. The van der Waals surface area contributed by atoms with Crippen LogP contribution in [0.1, 0.15) is 11.1 Å². The van der Waals surface area contributed by atoms with Crippen LogP contribution in [0.5, 0.6) is 0 Å². The van der Waals surface area contributed by atoms with Crippen LogP contribution in [0.25, 0.3) is 0 Å². The number of nitrogens with one attached hydrogen (secondary N) is 2. The van der Waals surface area contributed by atoms with E-state index in [4.69, 9.17) is 5.11 Å². The van der Waals surface area contributed by atoms with E-state index in [1.165, 1.54) is 0 Å². The summed E-state index contributed by atoms with van der Waals surface area (Å²) < 4.78 is 0. The third kappa shape index (κ3) is 4.94. The van der Waals surface area contributed by atoms with Gasteiger partial charge in [0.05, 0.1) is 6.42 Å². The molecule has 0 fully saturated rings. The van der Waals surface area contributed by atoms with Crippen LogP contribution in [-0.2, 0) is 17.8 Å². The summed E-state index contributed by atoms with van der Waals surface area (Å²) in [6.45, 7) is 0.386. The predicted molar refractivity (Wildman–Crippen MR) is 77.9 cm³/mol. The van der Waals surface area contributed by atoms with E-state index in [9.17, 15) is 9.59 Å². The number of nitrogens with zero attached hydrogens (tertiary/aromatic N) is 1. The Bertz CT molecular complexity index is 612. The topological polar surface area (TPSA) is 91.3 Å². The summed E-state index contributed by atoms with van der Waals surface area (Å²) in [6, 6.07) is 10.0. The van der Waals surface area contributed by atoms with Gasteiger partial charge in [-0.25, -0.2) is 4.79 Å². The number of amides is 2. The fourth-order valence-electron chi connectivity index (χ4n) is 1.74. The van der Waals surface area contributed by atoms with Gasteiger partial charge in [0, 0.05) is 24.6 Å². The summed E-state index contributed by atoms with van der Waals surface area (Å²) >= 11 is 0. The van der Waals surface area contributed by atoms with Crippen LogP contribution < -0.4 is 10.6 Å². The Labute approximate surface area is 121 Å². The Morgan fingerprint density at radius 3 is 2.48 bits per heavy atom. The minimum atomic E-state index is -0.884. The number of carboxylic acids is 1. The number of carbonyl (C=O) groups is 2. The Balaban J connectivity index is 1.83. The molecule has 6 heteroatoms. The highest BCUT2D eigenvalue weighted by atomic mass is 16.4. The number of benzene rings is 1. The van der Waals surface area contributed by atoms with Crippen molar-refractivity contribution in [3.8, 4) is 0 Å². The minimum absolute atomic E-state index is 0.0342. The van der Waals surface area contributed by atoms with Crippen molar-refractivity contribution >= 4 is 17.7 Å². The molecule has 2 amide bonds. The highest BCUT2D eigenvalue weighted by Crippen LogP contribution is 2.10. The zero-order valence-corrected chi connectivity index (χ0v) is 11.2. The summed E-state index contributed by atoms with van der Waals surface area (Å²) in [5.41, 5.74) is 2.20. The summed E-state index contributed by atoms with van der Waals surface area (Å²) in [6.07, 6.45) is 3.32. The van der Waals surface area contributed by atoms with Crippen molar-refractivity contribution in [2.24, 2.45) is 0 Å². The van der Waals surface area contributed by atoms with Crippen LogP contribution in [0, 0.1) is 0 Å². The van der Waals surface area contributed by atoms with Gasteiger partial charge < -0.3 is 15.7 Å². The first-order valence-electron chi connectivity index (χ1n) is 6.38. The van der Waals surface area contributed by atoms with Crippen LogP contribution >= 0.6 is 0 Å². The maximum absolute atomic E-state index is 11.7. The van der Waals surface area contributed by atoms with Crippen LogP contribution in [0.4, 0.5) is 10.5 Å². The summed E-state index contributed by atoms with van der Waals surface area (Å²) in [5, 5.41) is 14.1. The molecule has 6 nitrogen and oxygen atoms in total. The van der Waals surface area contributed by atoms with Gasteiger partial charge in [-0.3, -0.25) is 9.78 Å². The smallest absolute Gasteiger partial charge is 0.319 e. The molecule has 0 unspecified atom stereocenters. The average molecular weight is 285 g/mol. The van der Waals surface area contributed by atoms with Crippen molar-refractivity contribution in [2.75, 3.05) is 5.32 Å². The largest absolute Gasteiger partial charge is 0.481 e. The summed E-state index contributed by atoms with van der Waals surface area (Å²) in [4.78, 5) is 26.2. The monoisotopic (exact) mass is 285 g/mol. The molecule has 0 atom stereocenters. The molecule has 0 saturated carbocycles. The number of aliphatic carboxylic acids is 1. The highest BCUT2D eigenvalue weighted by molar-refractivity contribution is 5.89. The lowest BCUT2D eigenvalue weighted by Gasteiger charge is -2.08. The quantitative estimate of drug-likeness (QED) is 0.784. The maximum atomic E-state index is 11.7. The molecule has 108 valence electrons. The molecule has 0 spiro atoms. The molecule has 1 aromatic heterocycles. The van der Waals surface area contributed by atoms with Crippen molar-refractivity contribution in [1.82, 2.24) is 10.3 Å². The van der Waals surface area contributed by atoms with Gasteiger partial charge in [0.1, 0.15) is 0 Å². The maximum Gasteiger partial charge on any atom is 0.319 e. The van der Waals surface area contributed by atoms with E-state index in [0.29, 0.717) is 17.8 Å². The molecule has 3 N–H and O–H groups in total. The van der Waals surface area contributed by atoms with Crippen molar-refractivity contribution in [2.45, 2.75) is 13.0 Å². The zero-order chi connectivity index (χ0) is 15.1. The first-order chi connectivity index (χ1) is 10.1. The van der Waals surface area contributed by atoms with Crippen molar-refractivity contribution in [3.63, 3.8) is 0 Å². The van der Waals surface area contributed by atoms with Crippen LogP contribution in [0.15, 0.2) is 48.8 Å². The number of urea groups is 1. The van der Waals surface area contributed by atoms with E-state index in [1.807, 2.05) is 6.07 Å². The van der Waals surface area contributed by atoms with Gasteiger partial charge in [0.15, 0.2) is 0 Å². The standard InChI is InChI=1S/C15H15N3O3/c19-14(20)8-11-3-5-13(6-4-11)18-15(21)17-10-12-2-1-7-16-9-12/h1-7,9H,8,10H2,(H,19,20)(H2,17,18,21). The van der Waals surface area contributed by atoms with E-state index in [1.54, 1.807) is 42.7 Å². The van der Waals surface area contributed by atoms with E-state index >= 15 is 0 Å². The number of carbonyl (C=O) groups excluding carboxylic acids is 1. The Kier molecular flexibility index (Phi) is 4.87. The molecule has 1 aromatic carbocycles. The van der Waals surface area contributed by atoms with E-state index < -0.39 is 5.97 Å². The molecule has 21 heavy (non-hydrogen) atoms. The number of hydrogen-bond acceptors (Lipinski definition) is 3. The highest BCUT2D eigenvalue weighted by Gasteiger charge is 2.03. The third-order valence-electron chi connectivity index (χ3n) is 2.74. The second kappa shape index (κ2) is 7.04.